The number of ketones is 1. The third-order valence-electron chi connectivity index (χ3n) is 4.50. The molecule has 0 radical (unpaired) electrons. The van der Waals surface area contributed by atoms with Crippen molar-refractivity contribution in [2.45, 2.75) is 31.4 Å². The van der Waals surface area contributed by atoms with Crippen LogP contribution in [0.4, 0.5) is 0 Å². The van der Waals surface area contributed by atoms with Gasteiger partial charge in [-0.1, -0.05) is 29.3 Å². The van der Waals surface area contributed by atoms with Crippen LogP contribution in [-0.4, -0.2) is 39.1 Å². The van der Waals surface area contributed by atoms with Gasteiger partial charge in [0.15, 0.2) is 16.4 Å². The lowest BCUT2D eigenvalue weighted by molar-refractivity contribution is -0.156. The number of fused-ring (bicyclic) bond motifs is 2. The molecule has 0 unspecified atom stereocenters. The number of benzene rings is 1. The second-order valence-corrected chi connectivity index (χ2v) is 7.36. The average Bonchev–Trinajstić information content (AvgIpc) is 3.16. The topological polar surface area (TPSA) is 58.3 Å². The number of hydrogen-bond donors (Lipinski definition) is 0. The molecular formula is C17H15Cl2N3O3S. The van der Waals surface area contributed by atoms with Gasteiger partial charge in [0.05, 0.1) is 17.7 Å². The standard InChI is InChI=1S/C17H15Cl2N3O3S/c1-2-5-21-15(10-4-3-9(18)6-11(10)19)20-22(17(21)26)12-7-13(23)16-24-8-14(12)25-16/h2-4,6,12,14,16H,1,5,7-8H2/t12-,14+,16-/m1/s1. The zero-order valence-electron chi connectivity index (χ0n) is 13.6. The molecule has 2 aliphatic rings. The lowest BCUT2D eigenvalue weighted by Gasteiger charge is -2.26. The third-order valence-corrected chi connectivity index (χ3v) is 5.45. The molecule has 26 heavy (non-hydrogen) atoms. The summed E-state index contributed by atoms with van der Waals surface area (Å²) >= 11 is 18.0. The monoisotopic (exact) mass is 411 g/mol. The third kappa shape index (κ3) is 2.93. The number of aromatic nitrogens is 3. The molecule has 0 N–H and O–H groups in total. The van der Waals surface area contributed by atoms with E-state index in [1.165, 1.54) is 0 Å². The van der Waals surface area contributed by atoms with E-state index in [0.29, 0.717) is 39.4 Å². The smallest absolute Gasteiger partial charge is 0.218 e. The van der Waals surface area contributed by atoms with Gasteiger partial charge in [-0.25, -0.2) is 4.68 Å². The van der Waals surface area contributed by atoms with Gasteiger partial charge in [-0.3, -0.25) is 9.36 Å². The van der Waals surface area contributed by atoms with Crippen LogP contribution in [0.5, 0.6) is 0 Å². The summed E-state index contributed by atoms with van der Waals surface area (Å²) in [5, 5.41) is 5.68. The van der Waals surface area contributed by atoms with Crippen molar-refractivity contribution in [1.29, 1.82) is 0 Å². The van der Waals surface area contributed by atoms with Crippen LogP contribution in [0.3, 0.4) is 0 Å². The highest BCUT2D eigenvalue weighted by atomic mass is 35.5. The van der Waals surface area contributed by atoms with Gasteiger partial charge in [-0.05, 0) is 30.4 Å². The van der Waals surface area contributed by atoms with Crippen molar-refractivity contribution in [3.8, 4) is 11.4 Å². The number of Topliss-reactive ketones (excluding diaryl/α,β-unsaturated/α-hetero) is 1. The first-order chi connectivity index (χ1) is 12.5. The summed E-state index contributed by atoms with van der Waals surface area (Å²) in [6.07, 6.45) is 0.977. The highest BCUT2D eigenvalue weighted by Crippen LogP contribution is 2.35. The molecule has 3 atom stereocenters. The van der Waals surface area contributed by atoms with Gasteiger partial charge in [0.25, 0.3) is 0 Å². The van der Waals surface area contributed by atoms with E-state index in [9.17, 15) is 4.79 Å². The number of hydrogen-bond acceptors (Lipinski definition) is 5. The Morgan fingerprint density at radius 3 is 2.96 bits per heavy atom. The first-order valence-electron chi connectivity index (χ1n) is 8.05. The fraction of sp³-hybridized carbons (Fsp3) is 0.353. The van der Waals surface area contributed by atoms with E-state index in [1.54, 1.807) is 29.0 Å². The van der Waals surface area contributed by atoms with E-state index >= 15 is 0 Å². The van der Waals surface area contributed by atoms with Crippen LogP contribution in [-0.2, 0) is 20.8 Å². The average molecular weight is 412 g/mol. The minimum Gasteiger partial charge on any atom is -0.343 e. The fourth-order valence-electron chi connectivity index (χ4n) is 3.26. The van der Waals surface area contributed by atoms with Gasteiger partial charge in [0.1, 0.15) is 6.10 Å². The summed E-state index contributed by atoms with van der Waals surface area (Å²) in [6.45, 7) is 4.58. The van der Waals surface area contributed by atoms with Crippen LogP contribution in [0.1, 0.15) is 12.5 Å². The van der Waals surface area contributed by atoms with Crippen molar-refractivity contribution in [3.05, 3.63) is 45.7 Å². The highest BCUT2D eigenvalue weighted by molar-refractivity contribution is 7.71. The second kappa shape index (κ2) is 6.90. The summed E-state index contributed by atoms with van der Waals surface area (Å²) in [4.78, 5) is 12.1. The van der Waals surface area contributed by atoms with Crippen LogP contribution < -0.4 is 0 Å². The van der Waals surface area contributed by atoms with Gasteiger partial charge in [-0.2, -0.15) is 5.10 Å². The maximum atomic E-state index is 12.1. The number of allylic oxidation sites excluding steroid dienone is 1. The molecule has 0 saturated carbocycles. The summed E-state index contributed by atoms with van der Waals surface area (Å²) < 4.78 is 15.0. The number of rotatable bonds is 4. The number of carbonyl (C=O) groups is 1. The Morgan fingerprint density at radius 2 is 2.23 bits per heavy atom. The van der Waals surface area contributed by atoms with Gasteiger partial charge in [0, 0.05) is 23.6 Å². The Labute approximate surface area is 164 Å². The van der Waals surface area contributed by atoms with E-state index in [0.717, 1.165) is 0 Å². The van der Waals surface area contributed by atoms with E-state index in [4.69, 9.17) is 44.9 Å². The number of nitrogens with zero attached hydrogens (tertiary/aromatic N) is 3. The van der Waals surface area contributed by atoms with E-state index in [-0.39, 0.29) is 24.3 Å². The number of halogens is 2. The Morgan fingerprint density at radius 1 is 1.42 bits per heavy atom. The molecule has 4 rings (SSSR count). The molecule has 2 aromatic rings. The normalized spacial score (nSPS) is 24.8. The van der Waals surface area contributed by atoms with Gasteiger partial charge >= 0.3 is 0 Å². The first kappa shape index (κ1) is 17.9. The van der Waals surface area contributed by atoms with E-state index < -0.39 is 6.29 Å². The van der Waals surface area contributed by atoms with Crippen molar-refractivity contribution in [3.63, 3.8) is 0 Å². The summed E-state index contributed by atoms with van der Waals surface area (Å²) in [6, 6.07) is 4.88. The number of carbonyl (C=O) groups excluding carboxylic acids is 1. The maximum absolute atomic E-state index is 12.1. The Hall–Kier alpha value is -1.51. The van der Waals surface area contributed by atoms with Crippen molar-refractivity contribution in [2.75, 3.05) is 6.61 Å². The molecule has 2 saturated heterocycles. The van der Waals surface area contributed by atoms with Crippen LogP contribution in [0, 0.1) is 4.77 Å². The predicted octanol–water partition coefficient (Wildman–Crippen LogP) is 3.83. The van der Waals surface area contributed by atoms with Crippen LogP contribution in [0.15, 0.2) is 30.9 Å². The lowest BCUT2D eigenvalue weighted by atomic mass is 10.0. The molecule has 0 amide bonds. The molecule has 136 valence electrons. The van der Waals surface area contributed by atoms with E-state index in [2.05, 4.69) is 11.7 Å². The summed E-state index contributed by atoms with van der Waals surface area (Å²) in [5.41, 5.74) is 0.700. The highest BCUT2D eigenvalue weighted by Gasteiger charge is 2.45. The molecule has 9 heteroatoms. The molecule has 6 nitrogen and oxygen atoms in total. The Bertz CT molecular complexity index is 955. The fourth-order valence-corrected chi connectivity index (χ4v) is 4.09. The predicted molar refractivity (Wildman–Crippen MR) is 100.0 cm³/mol. The van der Waals surface area contributed by atoms with Crippen LogP contribution in [0.2, 0.25) is 10.0 Å². The minimum absolute atomic E-state index is 0.102. The largest absolute Gasteiger partial charge is 0.343 e. The van der Waals surface area contributed by atoms with Gasteiger partial charge in [-0.15, -0.1) is 6.58 Å². The molecule has 0 aliphatic carbocycles. The summed E-state index contributed by atoms with van der Waals surface area (Å²) in [7, 11) is 0. The SMILES string of the molecule is C=CCn1c(-c2ccc(Cl)cc2Cl)nn([C@@H]2CC(=O)[C@@H]3OC[C@@H]2O3)c1=S. The molecule has 3 heterocycles. The van der Waals surface area contributed by atoms with Crippen molar-refractivity contribution >= 4 is 41.2 Å². The van der Waals surface area contributed by atoms with E-state index in [1.807, 2.05) is 4.57 Å². The second-order valence-electron chi connectivity index (χ2n) is 6.15. The molecule has 0 spiro atoms. The van der Waals surface area contributed by atoms with Gasteiger partial charge < -0.3 is 9.47 Å². The molecular weight excluding hydrogens is 397 g/mol. The lowest BCUT2D eigenvalue weighted by Crippen LogP contribution is -2.37. The molecule has 2 aliphatic heterocycles. The zero-order valence-corrected chi connectivity index (χ0v) is 15.9. The van der Waals surface area contributed by atoms with Crippen molar-refractivity contribution < 1.29 is 14.3 Å². The molecule has 1 aromatic carbocycles. The number of ether oxygens (including phenoxy) is 2. The van der Waals surface area contributed by atoms with Crippen LogP contribution in [0.25, 0.3) is 11.4 Å². The van der Waals surface area contributed by atoms with Crippen molar-refractivity contribution in [2.24, 2.45) is 0 Å². The van der Waals surface area contributed by atoms with Crippen molar-refractivity contribution in [1.82, 2.24) is 14.3 Å². The maximum Gasteiger partial charge on any atom is 0.218 e. The first-order valence-corrected chi connectivity index (χ1v) is 9.21. The Kier molecular flexibility index (Phi) is 4.75. The molecule has 2 fully saturated rings. The van der Waals surface area contributed by atoms with Gasteiger partial charge in [0.2, 0.25) is 6.29 Å². The molecule has 2 bridgehead atoms. The molecule has 1 aromatic heterocycles. The van der Waals surface area contributed by atoms with Crippen LogP contribution >= 0.6 is 35.4 Å². The summed E-state index contributed by atoms with van der Waals surface area (Å²) in [5.74, 6) is 0.486. The Balaban J connectivity index is 1.83. The quantitative estimate of drug-likeness (QED) is 0.565. The zero-order chi connectivity index (χ0) is 18.4. The minimum atomic E-state index is -0.758.